The number of aldehydes is 1. The van der Waals surface area contributed by atoms with Crippen LogP contribution in [0.1, 0.15) is 43.2 Å². The lowest BCUT2D eigenvalue weighted by Crippen LogP contribution is -2.31. The van der Waals surface area contributed by atoms with Crippen molar-refractivity contribution in [3.8, 4) is 0 Å². The normalized spacial score (nSPS) is 10.8. The maximum Gasteiger partial charge on any atom is 0.411 e. The number of carbonyl (C=O) groups is 2. The molecule has 1 N–H and O–H groups in total. The van der Waals surface area contributed by atoms with Gasteiger partial charge in [-0.05, 0) is 45.7 Å². The molecule has 0 saturated heterocycles. The van der Waals surface area contributed by atoms with Crippen LogP contribution < -0.4 is 5.32 Å². The molecule has 0 unspecified atom stereocenters. The number of nitrogens with one attached hydrogen (secondary N) is 1. The zero-order valence-corrected chi connectivity index (χ0v) is 12.1. The fraction of sp³-hybridized carbons (Fsp3) is 0.400. The Balaban J connectivity index is 2.39. The number of aryl methyl sites for hydroxylation is 1. The van der Waals surface area contributed by atoms with E-state index < -0.39 is 11.7 Å². The predicted octanol–water partition coefficient (Wildman–Crippen LogP) is 2.87. The maximum absolute atomic E-state index is 11.5. The van der Waals surface area contributed by atoms with Crippen molar-refractivity contribution in [2.75, 3.05) is 0 Å². The van der Waals surface area contributed by atoms with Crippen LogP contribution in [0, 0.1) is 0 Å². The molecule has 0 atom stereocenters. The number of amides is 1. The van der Waals surface area contributed by atoms with Gasteiger partial charge in [0.15, 0.2) is 6.29 Å². The van der Waals surface area contributed by atoms with Gasteiger partial charge in [-0.15, -0.1) is 0 Å². The van der Waals surface area contributed by atoms with Crippen LogP contribution in [0.3, 0.4) is 0 Å². The zero-order valence-electron chi connectivity index (χ0n) is 12.1. The van der Waals surface area contributed by atoms with E-state index in [0.29, 0.717) is 24.1 Å². The van der Waals surface area contributed by atoms with Gasteiger partial charge >= 0.3 is 6.09 Å². The van der Waals surface area contributed by atoms with Crippen LogP contribution in [0.5, 0.6) is 0 Å². The van der Waals surface area contributed by atoms with Gasteiger partial charge in [-0.1, -0.05) is 6.58 Å². The molecule has 0 aliphatic carbocycles. The minimum atomic E-state index is -0.531. The second-order valence-electron chi connectivity index (χ2n) is 5.43. The quantitative estimate of drug-likeness (QED) is 0.840. The lowest BCUT2D eigenvalue weighted by molar-refractivity contribution is 0.0544. The van der Waals surface area contributed by atoms with E-state index in [1.54, 1.807) is 32.9 Å². The summed E-state index contributed by atoms with van der Waals surface area (Å²) in [7, 11) is 0. The third-order valence-corrected chi connectivity index (χ3v) is 2.34. The molecule has 108 valence electrons. The zero-order chi connectivity index (χ0) is 15.2. The molecule has 5 heteroatoms. The average molecular weight is 276 g/mol. The first kappa shape index (κ1) is 15.9. The van der Waals surface area contributed by atoms with Crippen LogP contribution in [0.25, 0.3) is 0 Å². The molecule has 20 heavy (non-hydrogen) atoms. The smallest absolute Gasteiger partial charge is 0.411 e. The van der Waals surface area contributed by atoms with E-state index in [1.165, 1.54) is 6.20 Å². The van der Waals surface area contributed by atoms with Crippen molar-refractivity contribution in [1.82, 2.24) is 10.3 Å². The monoisotopic (exact) mass is 276 g/mol. The van der Waals surface area contributed by atoms with Gasteiger partial charge in [0.2, 0.25) is 0 Å². The van der Waals surface area contributed by atoms with Crippen LogP contribution in [-0.4, -0.2) is 23.0 Å². The SMILES string of the molecule is C=C(CCc1ccc(C=O)cn1)NC(=O)OC(C)(C)C. The Morgan fingerprint density at radius 1 is 1.45 bits per heavy atom. The highest BCUT2D eigenvalue weighted by Crippen LogP contribution is 2.09. The van der Waals surface area contributed by atoms with Gasteiger partial charge < -0.3 is 4.74 Å². The highest BCUT2D eigenvalue weighted by Gasteiger charge is 2.16. The molecule has 0 spiro atoms. The van der Waals surface area contributed by atoms with Crippen LogP contribution >= 0.6 is 0 Å². The van der Waals surface area contributed by atoms with Gasteiger partial charge in [-0.25, -0.2) is 4.79 Å². The van der Waals surface area contributed by atoms with Crippen molar-refractivity contribution >= 4 is 12.4 Å². The molecule has 0 saturated carbocycles. The van der Waals surface area contributed by atoms with Gasteiger partial charge in [0.1, 0.15) is 5.60 Å². The minimum absolute atomic E-state index is 0.508. The highest BCUT2D eigenvalue weighted by molar-refractivity contribution is 5.73. The topological polar surface area (TPSA) is 68.3 Å². The Morgan fingerprint density at radius 2 is 2.15 bits per heavy atom. The fourth-order valence-corrected chi connectivity index (χ4v) is 1.44. The average Bonchev–Trinajstić information content (AvgIpc) is 2.34. The largest absolute Gasteiger partial charge is 0.444 e. The van der Waals surface area contributed by atoms with E-state index in [9.17, 15) is 9.59 Å². The standard InChI is InChI=1S/C15H20N2O3/c1-11(17-14(19)20-15(2,3)4)5-7-13-8-6-12(10-18)9-16-13/h6,8-10H,1,5,7H2,2-4H3,(H,17,19). The molecule has 1 aromatic heterocycles. The summed E-state index contributed by atoms with van der Waals surface area (Å²) < 4.78 is 5.13. The molecule has 1 rings (SSSR count). The Bertz CT molecular complexity index is 487. The number of nitrogens with zero attached hydrogens (tertiary/aromatic N) is 1. The summed E-state index contributed by atoms with van der Waals surface area (Å²) in [5, 5.41) is 2.59. The number of carbonyl (C=O) groups excluding carboxylic acids is 2. The molecule has 0 aromatic carbocycles. The highest BCUT2D eigenvalue weighted by atomic mass is 16.6. The number of hydrogen-bond donors (Lipinski definition) is 1. The number of aromatic nitrogens is 1. The molecule has 1 heterocycles. The molecule has 5 nitrogen and oxygen atoms in total. The summed E-state index contributed by atoms with van der Waals surface area (Å²) in [6.07, 6.45) is 2.96. The molecule has 0 bridgehead atoms. The number of alkyl carbamates (subject to hydrolysis) is 1. The van der Waals surface area contributed by atoms with Crippen LogP contribution in [0.2, 0.25) is 0 Å². The Morgan fingerprint density at radius 3 is 2.65 bits per heavy atom. The summed E-state index contributed by atoms with van der Waals surface area (Å²) in [5.41, 5.74) is 1.42. The van der Waals surface area contributed by atoms with Gasteiger partial charge in [0, 0.05) is 23.2 Å². The molecular formula is C15H20N2O3. The van der Waals surface area contributed by atoms with E-state index >= 15 is 0 Å². The third-order valence-electron chi connectivity index (χ3n) is 2.34. The second-order valence-corrected chi connectivity index (χ2v) is 5.43. The minimum Gasteiger partial charge on any atom is -0.444 e. The van der Waals surface area contributed by atoms with Crippen molar-refractivity contribution in [1.29, 1.82) is 0 Å². The number of hydrogen-bond acceptors (Lipinski definition) is 4. The maximum atomic E-state index is 11.5. The van der Waals surface area contributed by atoms with Gasteiger partial charge in [0.25, 0.3) is 0 Å². The van der Waals surface area contributed by atoms with Crippen molar-refractivity contribution in [2.45, 2.75) is 39.2 Å². The second kappa shape index (κ2) is 6.84. The van der Waals surface area contributed by atoms with E-state index in [2.05, 4.69) is 16.9 Å². The first-order valence-corrected chi connectivity index (χ1v) is 6.38. The van der Waals surface area contributed by atoms with E-state index in [1.807, 2.05) is 0 Å². The summed E-state index contributed by atoms with van der Waals surface area (Å²) >= 11 is 0. The first-order valence-electron chi connectivity index (χ1n) is 6.38. The van der Waals surface area contributed by atoms with Crippen molar-refractivity contribution in [3.05, 3.63) is 41.9 Å². The summed E-state index contributed by atoms with van der Waals surface area (Å²) in [5.74, 6) is 0. The number of rotatable bonds is 5. The third kappa shape index (κ3) is 6.13. The molecule has 0 aliphatic heterocycles. The lowest BCUT2D eigenvalue weighted by atomic mass is 10.1. The predicted molar refractivity (Wildman–Crippen MR) is 76.5 cm³/mol. The molecule has 0 radical (unpaired) electrons. The number of pyridine rings is 1. The lowest BCUT2D eigenvalue weighted by Gasteiger charge is -2.20. The van der Waals surface area contributed by atoms with Crippen molar-refractivity contribution < 1.29 is 14.3 Å². The van der Waals surface area contributed by atoms with E-state index in [0.717, 1.165) is 12.0 Å². The Hall–Kier alpha value is -2.17. The Labute approximate surface area is 119 Å². The molecular weight excluding hydrogens is 256 g/mol. The van der Waals surface area contributed by atoms with Gasteiger partial charge in [-0.3, -0.25) is 15.1 Å². The molecule has 1 amide bonds. The molecule has 1 aromatic rings. The van der Waals surface area contributed by atoms with Gasteiger partial charge in [0.05, 0.1) is 0 Å². The Kier molecular flexibility index (Phi) is 5.43. The molecule has 0 aliphatic rings. The van der Waals surface area contributed by atoms with Crippen molar-refractivity contribution in [3.63, 3.8) is 0 Å². The molecule has 0 fully saturated rings. The van der Waals surface area contributed by atoms with Crippen LogP contribution in [0.15, 0.2) is 30.6 Å². The van der Waals surface area contributed by atoms with Crippen LogP contribution in [-0.2, 0) is 11.2 Å². The van der Waals surface area contributed by atoms with E-state index in [4.69, 9.17) is 4.74 Å². The summed E-state index contributed by atoms with van der Waals surface area (Å²) in [4.78, 5) is 26.2. The fourth-order valence-electron chi connectivity index (χ4n) is 1.44. The van der Waals surface area contributed by atoms with E-state index in [-0.39, 0.29) is 0 Å². The summed E-state index contributed by atoms with van der Waals surface area (Å²) in [6, 6.07) is 3.49. The first-order chi connectivity index (χ1) is 9.30. The van der Waals surface area contributed by atoms with Crippen LogP contribution in [0.4, 0.5) is 4.79 Å². The number of ether oxygens (including phenoxy) is 1. The summed E-state index contributed by atoms with van der Waals surface area (Å²) in [6.45, 7) is 9.18. The van der Waals surface area contributed by atoms with Crippen molar-refractivity contribution in [2.24, 2.45) is 0 Å². The van der Waals surface area contributed by atoms with Gasteiger partial charge in [-0.2, -0.15) is 0 Å². The number of allylic oxidation sites excluding steroid dienone is 1.